The fourth-order valence-corrected chi connectivity index (χ4v) is 3.47. The molecule has 1 aromatic rings. The molecule has 26 heavy (non-hydrogen) atoms. The van der Waals surface area contributed by atoms with Crippen LogP contribution < -0.4 is 11.2 Å². The molecule has 0 saturated carbocycles. The van der Waals surface area contributed by atoms with Crippen LogP contribution in [0.25, 0.3) is 0 Å². The summed E-state index contributed by atoms with van der Waals surface area (Å²) < 4.78 is 10.7. The number of rotatable bonds is 6. The molecule has 2 aliphatic heterocycles. The van der Waals surface area contributed by atoms with Gasteiger partial charge in [-0.1, -0.05) is 35.3 Å². The maximum Gasteiger partial charge on any atom is 0.186 e. The van der Waals surface area contributed by atoms with E-state index in [1.54, 1.807) is 24.3 Å². The summed E-state index contributed by atoms with van der Waals surface area (Å²) in [4.78, 5) is 6.42. The fraction of sp³-hybridized carbons (Fsp3) is 0.562. The van der Waals surface area contributed by atoms with Gasteiger partial charge in [-0.25, -0.2) is 0 Å². The molecule has 0 aliphatic carbocycles. The molecule has 144 valence electrons. The second-order valence-corrected chi connectivity index (χ2v) is 7.35. The first kappa shape index (κ1) is 19.8. The van der Waals surface area contributed by atoms with Crippen LogP contribution in [-0.2, 0) is 9.47 Å². The van der Waals surface area contributed by atoms with Gasteiger partial charge in [0.2, 0.25) is 0 Å². The van der Waals surface area contributed by atoms with Crippen LogP contribution in [-0.4, -0.2) is 66.3 Å². The van der Waals surface area contributed by atoms with Crippen molar-refractivity contribution in [1.82, 2.24) is 15.2 Å². The van der Waals surface area contributed by atoms with Crippen LogP contribution in [0.3, 0.4) is 0 Å². The Kier molecular flexibility index (Phi) is 6.05. The van der Waals surface area contributed by atoms with E-state index in [4.69, 9.17) is 38.5 Å². The zero-order valence-corrected chi connectivity index (χ0v) is 16.1. The lowest BCUT2D eigenvalue weighted by molar-refractivity contribution is -0.263. The standard InChI is InChI=1S/C16H23Cl2N5O3/c1-16(24,7-25-2)26-12-6-20-15(12)22-8-21-14(23(19)9-22)10-4-3-5-11(17)13(10)18/h3-5,8,12,14-15,20,24H,6-7,9,19H2,1-2H3. The van der Waals surface area contributed by atoms with E-state index in [0.717, 1.165) is 5.56 Å². The third-order valence-corrected chi connectivity index (χ3v) is 5.15. The third-order valence-electron chi connectivity index (χ3n) is 4.31. The zero-order chi connectivity index (χ0) is 18.9. The van der Waals surface area contributed by atoms with Gasteiger partial charge in [0.15, 0.2) is 5.79 Å². The summed E-state index contributed by atoms with van der Waals surface area (Å²) in [5, 5.41) is 15.9. The smallest absolute Gasteiger partial charge is 0.186 e. The molecule has 0 radical (unpaired) electrons. The summed E-state index contributed by atoms with van der Waals surface area (Å²) in [5.74, 6) is 4.84. The number of nitrogens with two attached hydrogens (primary N) is 1. The molecule has 0 amide bonds. The number of hydrogen-bond donors (Lipinski definition) is 3. The minimum Gasteiger partial charge on any atom is -0.379 e. The quantitative estimate of drug-likeness (QED) is 0.484. The molecule has 1 fully saturated rings. The van der Waals surface area contributed by atoms with Crippen molar-refractivity contribution in [3.63, 3.8) is 0 Å². The summed E-state index contributed by atoms with van der Waals surface area (Å²) >= 11 is 12.4. The van der Waals surface area contributed by atoms with Gasteiger partial charge in [-0.05, 0) is 13.0 Å². The Balaban J connectivity index is 1.68. The van der Waals surface area contributed by atoms with Crippen LogP contribution in [0.1, 0.15) is 18.7 Å². The first-order valence-corrected chi connectivity index (χ1v) is 8.95. The first-order chi connectivity index (χ1) is 12.3. The Morgan fingerprint density at radius 1 is 1.46 bits per heavy atom. The van der Waals surface area contributed by atoms with E-state index in [9.17, 15) is 5.11 Å². The van der Waals surface area contributed by atoms with E-state index < -0.39 is 12.0 Å². The van der Waals surface area contributed by atoms with Gasteiger partial charge in [0.1, 0.15) is 18.4 Å². The number of nitrogens with one attached hydrogen (secondary N) is 1. The molecule has 1 saturated heterocycles. The lowest BCUT2D eigenvalue weighted by Gasteiger charge is -2.48. The van der Waals surface area contributed by atoms with Crippen molar-refractivity contribution in [3.05, 3.63) is 33.8 Å². The average Bonchev–Trinajstić information content (AvgIpc) is 2.55. The molecule has 4 unspecified atom stereocenters. The highest BCUT2D eigenvalue weighted by molar-refractivity contribution is 6.42. The largest absolute Gasteiger partial charge is 0.379 e. The van der Waals surface area contributed by atoms with Crippen molar-refractivity contribution in [1.29, 1.82) is 0 Å². The molecule has 3 rings (SSSR count). The predicted molar refractivity (Wildman–Crippen MR) is 99.6 cm³/mol. The van der Waals surface area contributed by atoms with E-state index in [0.29, 0.717) is 23.3 Å². The van der Waals surface area contributed by atoms with Crippen molar-refractivity contribution >= 4 is 29.5 Å². The van der Waals surface area contributed by atoms with Crippen LogP contribution in [0.15, 0.2) is 23.2 Å². The van der Waals surface area contributed by atoms with E-state index in [1.165, 1.54) is 7.11 Å². The molecule has 8 nitrogen and oxygen atoms in total. The normalized spacial score (nSPS) is 28.7. The maximum absolute atomic E-state index is 10.2. The van der Waals surface area contributed by atoms with E-state index in [-0.39, 0.29) is 18.9 Å². The molecule has 10 heteroatoms. The summed E-state index contributed by atoms with van der Waals surface area (Å²) in [6, 6.07) is 5.38. The third kappa shape index (κ3) is 4.13. The van der Waals surface area contributed by atoms with Gasteiger partial charge < -0.3 is 19.5 Å². The van der Waals surface area contributed by atoms with E-state index >= 15 is 0 Å². The van der Waals surface area contributed by atoms with Gasteiger partial charge in [0.05, 0.1) is 29.7 Å². The molecule has 2 heterocycles. The predicted octanol–water partition coefficient (Wildman–Crippen LogP) is 1.14. The van der Waals surface area contributed by atoms with Crippen molar-refractivity contribution in [2.45, 2.75) is 31.1 Å². The van der Waals surface area contributed by atoms with Gasteiger partial charge in [0, 0.05) is 19.2 Å². The second-order valence-electron chi connectivity index (χ2n) is 6.57. The van der Waals surface area contributed by atoms with Crippen LogP contribution in [0.2, 0.25) is 10.0 Å². The average molecular weight is 404 g/mol. The van der Waals surface area contributed by atoms with Crippen molar-refractivity contribution < 1.29 is 14.6 Å². The summed E-state index contributed by atoms with van der Waals surface area (Å²) in [6.45, 7) is 2.68. The Labute approximate surface area is 162 Å². The SMILES string of the molecule is COCC(C)(O)OC1CNC1N1C=NC(c2cccc(Cl)c2Cl)N(N)C1. The molecule has 4 atom stereocenters. The lowest BCUT2D eigenvalue weighted by atomic mass is 10.1. The Morgan fingerprint density at radius 2 is 2.23 bits per heavy atom. The number of hydrogen-bond acceptors (Lipinski definition) is 8. The number of benzene rings is 1. The number of ether oxygens (including phenoxy) is 2. The van der Waals surface area contributed by atoms with Crippen molar-refractivity contribution in [2.75, 3.05) is 26.9 Å². The maximum atomic E-state index is 10.2. The van der Waals surface area contributed by atoms with E-state index in [1.807, 2.05) is 17.0 Å². The van der Waals surface area contributed by atoms with Crippen LogP contribution in [0.5, 0.6) is 0 Å². The molecule has 4 N–H and O–H groups in total. The summed E-state index contributed by atoms with van der Waals surface area (Å²) in [6.07, 6.45) is 0.924. The van der Waals surface area contributed by atoms with E-state index in [2.05, 4.69) is 10.3 Å². The van der Waals surface area contributed by atoms with Crippen LogP contribution in [0, 0.1) is 0 Å². The van der Waals surface area contributed by atoms with Gasteiger partial charge in [-0.15, -0.1) is 0 Å². The number of aliphatic hydroxyl groups is 1. The second kappa shape index (κ2) is 7.95. The summed E-state index contributed by atoms with van der Waals surface area (Å²) in [7, 11) is 1.51. The number of halogens is 2. The number of aliphatic imine (C=N–C) groups is 1. The zero-order valence-electron chi connectivity index (χ0n) is 14.6. The molecule has 0 aromatic heterocycles. The molecule has 2 aliphatic rings. The lowest BCUT2D eigenvalue weighted by Crippen LogP contribution is -2.70. The molecular formula is C16H23Cl2N5O3. The highest BCUT2D eigenvalue weighted by atomic mass is 35.5. The highest BCUT2D eigenvalue weighted by Crippen LogP contribution is 2.34. The monoisotopic (exact) mass is 403 g/mol. The number of nitrogens with zero attached hydrogens (tertiary/aromatic N) is 3. The Hall–Kier alpha value is -0.970. The molecule has 0 spiro atoms. The highest BCUT2D eigenvalue weighted by Gasteiger charge is 2.41. The molecular weight excluding hydrogens is 381 g/mol. The number of methoxy groups -OCH3 is 1. The van der Waals surface area contributed by atoms with Gasteiger partial charge in [-0.2, -0.15) is 5.01 Å². The number of hydrazine groups is 1. The van der Waals surface area contributed by atoms with Crippen LogP contribution >= 0.6 is 23.2 Å². The van der Waals surface area contributed by atoms with Gasteiger partial charge >= 0.3 is 0 Å². The topological polar surface area (TPSA) is 95.6 Å². The summed E-state index contributed by atoms with van der Waals surface area (Å²) in [5.41, 5.74) is 0.745. The molecule has 1 aromatic carbocycles. The minimum absolute atomic E-state index is 0.0860. The Morgan fingerprint density at radius 3 is 2.85 bits per heavy atom. The Bertz CT molecular complexity index is 675. The van der Waals surface area contributed by atoms with Crippen molar-refractivity contribution in [3.8, 4) is 0 Å². The van der Waals surface area contributed by atoms with Gasteiger partial charge in [-0.3, -0.25) is 16.2 Å². The first-order valence-electron chi connectivity index (χ1n) is 8.19. The van der Waals surface area contributed by atoms with Crippen molar-refractivity contribution in [2.24, 2.45) is 10.8 Å². The fourth-order valence-electron chi connectivity index (χ4n) is 3.06. The minimum atomic E-state index is -1.36. The van der Waals surface area contributed by atoms with Crippen LogP contribution in [0.4, 0.5) is 0 Å². The molecule has 0 bridgehead atoms. The van der Waals surface area contributed by atoms with Gasteiger partial charge in [0.25, 0.3) is 0 Å².